The number of anilines is 1. The summed E-state index contributed by atoms with van der Waals surface area (Å²) in [4.78, 5) is 4.59. The molecule has 2 aromatic carbocycles. The van der Waals surface area contributed by atoms with Crippen molar-refractivity contribution in [2.45, 2.75) is 6.61 Å². The van der Waals surface area contributed by atoms with Gasteiger partial charge in [0.25, 0.3) is 0 Å². The number of nitrogens with zero attached hydrogens (tertiary/aromatic N) is 1. The number of benzene rings is 2. The molecular weight excluding hydrogens is 248 g/mol. The minimum Gasteiger partial charge on any atom is -0.487 e. The summed E-state index contributed by atoms with van der Waals surface area (Å²) in [5.74, 6) is 0.840. The van der Waals surface area contributed by atoms with Crippen LogP contribution in [0.15, 0.2) is 60.7 Å². The second kappa shape index (κ2) is 5.61. The molecule has 0 fully saturated rings. The number of fused-ring (bicyclic) bond motifs is 1. The fraction of sp³-hybridized carbons (Fsp3) is 0.118. The Balaban J connectivity index is 1.76. The van der Waals surface area contributed by atoms with E-state index in [0.29, 0.717) is 6.61 Å². The number of rotatable bonds is 4. The minimum absolute atomic E-state index is 0.470. The molecule has 0 radical (unpaired) electrons. The third-order valence-electron chi connectivity index (χ3n) is 3.17. The van der Waals surface area contributed by atoms with Crippen molar-refractivity contribution in [1.29, 1.82) is 0 Å². The van der Waals surface area contributed by atoms with Crippen molar-refractivity contribution in [3.63, 3.8) is 0 Å². The maximum absolute atomic E-state index is 5.78. The van der Waals surface area contributed by atoms with Crippen molar-refractivity contribution in [1.82, 2.24) is 4.98 Å². The van der Waals surface area contributed by atoms with Crippen LogP contribution in [0.1, 0.15) is 5.69 Å². The van der Waals surface area contributed by atoms with E-state index < -0.39 is 0 Å². The number of ether oxygens (including phenoxy) is 1. The molecule has 1 heterocycles. The lowest BCUT2D eigenvalue weighted by Crippen LogP contribution is -1.99. The van der Waals surface area contributed by atoms with Crippen molar-refractivity contribution in [2.75, 3.05) is 12.4 Å². The molecule has 0 bridgehead atoms. The second-order valence-electron chi connectivity index (χ2n) is 4.56. The van der Waals surface area contributed by atoms with E-state index in [4.69, 9.17) is 4.74 Å². The maximum Gasteiger partial charge on any atom is 0.130 e. The van der Waals surface area contributed by atoms with Gasteiger partial charge in [-0.2, -0.15) is 0 Å². The molecule has 3 heteroatoms. The predicted molar refractivity (Wildman–Crippen MR) is 82.1 cm³/mol. The van der Waals surface area contributed by atoms with Gasteiger partial charge in [-0.25, -0.2) is 4.98 Å². The van der Waals surface area contributed by atoms with Crippen LogP contribution in [0.25, 0.3) is 10.9 Å². The fourth-order valence-corrected chi connectivity index (χ4v) is 2.09. The predicted octanol–water partition coefficient (Wildman–Crippen LogP) is 3.86. The van der Waals surface area contributed by atoms with E-state index in [2.05, 4.69) is 22.4 Å². The molecule has 0 amide bonds. The van der Waals surface area contributed by atoms with Crippen molar-refractivity contribution < 1.29 is 4.74 Å². The van der Waals surface area contributed by atoms with Crippen LogP contribution >= 0.6 is 0 Å². The number of aromatic nitrogens is 1. The first-order valence-corrected chi connectivity index (χ1v) is 6.60. The molecular formula is C17H16N2O. The Hall–Kier alpha value is -2.55. The topological polar surface area (TPSA) is 34.1 Å². The molecule has 1 aromatic heterocycles. The van der Waals surface area contributed by atoms with E-state index in [9.17, 15) is 0 Å². The Morgan fingerprint density at radius 3 is 2.80 bits per heavy atom. The van der Waals surface area contributed by atoms with Crippen LogP contribution in [0.5, 0.6) is 5.75 Å². The van der Waals surface area contributed by atoms with E-state index >= 15 is 0 Å². The number of hydrogen-bond donors (Lipinski definition) is 1. The summed E-state index contributed by atoms with van der Waals surface area (Å²) in [5.41, 5.74) is 2.96. The van der Waals surface area contributed by atoms with Gasteiger partial charge in [0, 0.05) is 24.2 Å². The molecule has 3 nitrogen and oxygen atoms in total. The molecule has 0 unspecified atom stereocenters. The summed E-state index contributed by atoms with van der Waals surface area (Å²) in [6.45, 7) is 0.470. The number of pyridine rings is 1. The van der Waals surface area contributed by atoms with Gasteiger partial charge in [-0.05, 0) is 24.3 Å². The molecule has 3 rings (SSSR count). The third-order valence-corrected chi connectivity index (χ3v) is 3.17. The van der Waals surface area contributed by atoms with E-state index in [0.717, 1.165) is 28.0 Å². The molecule has 0 aliphatic carbocycles. The van der Waals surface area contributed by atoms with Crippen molar-refractivity contribution in [2.24, 2.45) is 0 Å². The zero-order valence-electron chi connectivity index (χ0n) is 11.3. The molecule has 0 aliphatic heterocycles. The summed E-state index contributed by atoms with van der Waals surface area (Å²) in [6, 6.07) is 20.1. The van der Waals surface area contributed by atoms with E-state index in [1.807, 2.05) is 55.6 Å². The highest BCUT2D eigenvalue weighted by Gasteiger charge is 2.00. The third kappa shape index (κ3) is 2.72. The van der Waals surface area contributed by atoms with Gasteiger partial charge in [0.1, 0.15) is 12.4 Å². The zero-order valence-corrected chi connectivity index (χ0v) is 11.3. The Labute approximate surface area is 118 Å². The highest BCUT2D eigenvalue weighted by Crippen LogP contribution is 2.18. The van der Waals surface area contributed by atoms with Crippen LogP contribution < -0.4 is 10.1 Å². The first-order chi connectivity index (χ1) is 9.85. The molecule has 100 valence electrons. The molecule has 1 N–H and O–H groups in total. The van der Waals surface area contributed by atoms with Crippen LogP contribution in [-0.2, 0) is 6.61 Å². The van der Waals surface area contributed by atoms with Gasteiger partial charge in [-0.1, -0.05) is 30.3 Å². The average molecular weight is 264 g/mol. The second-order valence-corrected chi connectivity index (χ2v) is 4.56. The highest BCUT2D eigenvalue weighted by molar-refractivity contribution is 5.78. The standard InChI is InChI=1S/C17H16N2O/c1-18-14-6-4-7-16(11-14)20-12-15-10-9-13-5-2-3-8-17(13)19-15/h2-11,18H,12H2,1H3. The zero-order chi connectivity index (χ0) is 13.8. The fourth-order valence-electron chi connectivity index (χ4n) is 2.09. The van der Waals surface area contributed by atoms with Gasteiger partial charge in [0.2, 0.25) is 0 Å². The monoisotopic (exact) mass is 264 g/mol. The van der Waals surface area contributed by atoms with Crippen molar-refractivity contribution in [3.8, 4) is 5.75 Å². The Bertz CT molecular complexity index is 725. The molecule has 0 saturated heterocycles. The normalized spacial score (nSPS) is 10.4. The highest BCUT2D eigenvalue weighted by atomic mass is 16.5. The lowest BCUT2D eigenvalue weighted by atomic mass is 10.2. The van der Waals surface area contributed by atoms with Crippen LogP contribution in [0.3, 0.4) is 0 Å². The molecule has 0 saturated carbocycles. The summed E-state index contributed by atoms with van der Waals surface area (Å²) >= 11 is 0. The summed E-state index contributed by atoms with van der Waals surface area (Å²) in [7, 11) is 1.89. The van der Waals surface area contributed by atoms with E-state index in [1.54, 1.807) is 0 Å². The van der Waals surface area contributed by atoms with Crippen molar-refractivity contribution in [3.05, 3.63) is 66.4 Å². The quantitative estimate of drug-likeness (QED) is 0.777. The molecule has 20 heavy (non-hydrogen) atoms. The van der Waals surface area contributed by atoms with Crippen molar-refractivity contribution >= 4 is 16.6 Å². The van der Waals surface area contributed by atoms with Gasteiger partial charge in [0.15, 0.2) is 0 Å². The van der Waals surface area contributed by atoms with Crippen LogP contribution in [0.4, 0.5) is 5.69 Å². The molecule has 0 spiro atoms. The Morgan fingerprint density at radius 1 is 1.00 bits per heavy atom. The summed E-state index contributed by atoms with van der Waals surface area (Å²) in [6.07, 6.45) is 0. The smallest absolute Gasteiger partial charge is 0.130 e. The minimum atomic E-state index is 0.470. The van der Waals surface area contributed by atoms with Gasteiger partial charge >= 0.3 is 0 Å². The largest absolute Gasteiger partial charge is 0.487 e. The van der Waals surface area contributed by atoms with Crippen LogP contribution in [0.2, 0.25) is 0 Å². The number of para-hydroxylation sites is 1. The Kier molecular flexibility index (Phi) is 3.50. The summed E-state index contributed by atoms with van der Waals surface area (Å²) < 4.78 is 5.78. The van der Waals surface area contributed by atoms with E-state index in [1.165, 1.54) is 0 Å². The molecule has 0 aliphatic rings. The van der Waals surface area contributed by atoms with Crippen LogP contribution in [-0.4, -0.2) is 12.0 Å². The maximum atomic E-state index is 5.78. The first kappa shape index (κ1) is 12.5. The van der Waals surface area contributed by atoms with Gasteiger partial charge in [-0.15, -0.1) is 0 Å². The van der Waals surface area contributed by atoms with Gasteiger partial charge in [-0.3, -0.25) is 0 Å². The van der Waals surface area contributed by atoms with Gasteiger partial charge < -0.3 is 10.1 Å². The lowest BCUT2D eigenvalue weighted by Gasteiger charge is -2.08. The molecule has 0 atom stereocenters. The lowest BCUT2D eigenvalue weighted by molar-refractivity contribution is 0.302. The van der Waals surface area contributed by atoms with E-state index in [-0.39, 0.29) is 0 Å². The van der Waals surface area contributed by atoms with Crippen LogP contribution in [0, 0.1) is 0 Å². The average Bonchev–Trinajstić information content (AvgIpc) is 2.53. The number of nitrogens with one attached hydrogen (secondary N) is 1. The summed E-state index contributed by atoms with van der Waals surface area (Å²) in [5, 5.41) is 4.24. The Morgan fingerprint density at radius 2 is 1.90 bits per heavy atom. The number of hydrogen-bond acceptors (Lipinski definition) is 3. The SMILES string of the molecule is CNc1cccc(OCc2ccc3ccccc3n2)c1. The molecule has 3 aromatic rings. The van der Waals surface area contributed by atoms with Gasteiger partial charge in [0.05, 0.1) is 11.2 Å². The first-order valence-electron chi connectivity index (χ1n) is 6.60.